The summed E-state index contributed by atoms with van der Waals surface area (Å²) in [6.07, 6.45) is 8.44. The Bertz CT molecular complexity index is 2550. The van der Waals surface area contributed by atoms with E-state index >= 15 is 0 Å². The van der Waals surface area contributed by atoms with Crippen molar-refractivity contribution in [1.82, 2.24) is 9.88 Å². The first-order valence-electron chi connectivity index (χ1n) is 15.0. The Kier molecular flexibility index (Phi) is 4.74. The summed E-state index contributed by atoms with van der Waals surface area (Å²) in [5.74, 6) is 0.969. The van der Waals surface area contributed by atoms with Crippen LogP contribution in [0.5, 0.6) is 0 Å². The standard InChI is InChI=1S/C40H25N3O/c1-3-11-27-24(9-1)17-20-33-37(27)38-28-12-4-2-10-25(28)18-21-34(38)43(33)40-39(41-31-14-6-7-15-32(31)42-40)26-19-22-36-30(23-26)29-13-5-8-16-35(29)44-36/h1-23,32,42H. The molecule has 8 aromatic rings. The van der Waals surface area contributed by atoms with Gasteiger partial charge in [0.15, 0.2) is 0 Å². The SMILES string of the molecule is C1=CC2=NC(c3ccc4oc5ccccc5c4c3)=C(n3c4ccc5ccccc5c4c4c5ccccc5ccc43)NC2C=C1. The number of nitrogens with zero attached hydrogens (tertiary/aromatic N) is 2. The second-order valence-corrected chi connectivity index (χ2v) is 11.6. The summed E-state index contributed by atoms with van der Waals surface area (Å²) >= 11 is 0. The van der Waals surface area contributed by atoms with E-state index in [1.807, 2.05) is 12.1 Å². The zero-order valence-electron chi connectivity index (χ0n) is 23.7. The maximum atomic E-state index is 6.18. The molecule has 1 aliphatic carbocycles. The van der Waals surface area contributed by atoms with E-state index in [2.05, 4.69) is 137 Å². The second-order valence-electron chi connectivity index (χ2n) is 11.6. The number of aliphatic imine (C=N–C) groups is 1. The van der Waals surface area contributed by atoms with Gasteiger partial charge in [0.25, 0.3) is 0 Å². The molecule has 10 rings (SSSR count). The zero-order valence-corrected chi connectivity index (χ0v) is 23.7. The third-order valence-corrected chi connectivity index (χ3v) is 9.18. The van der Waals surface area contributed by atoms with E-state index in [4.69, 9.17) is 9.41 Å². The Labute approximate surface area is 252 Å². The summed E-state index contributed by atoms with van der Waals surface area (Å²) in [7, 11) is 0. The zero-order chi connectivity index (χ0) is 28.8. The number of furan rings is 1. The molecule has 3 heterocycles. The van der Waals surface area contributed by atoms with Gasteiger partial charge in [-0.25, -0.2) is 4.99 Å². The van der Waals surface area contributed by atoms with Crippen LogP contribution in [0.1, 0.15) is 5.56 Å². The summed E-state index contributed by atoms with van der Waals surface area (Å²) in [6, 6.07) is 41.0. The Morgan fingerprint density at radius 2 is 1.27 bits per heavy atom. The number of fused-ring (bicyclic) bond motifs is 11. The lowest BCUT2D eigenvalue weighted by Gasteiger charge is -2.29. The molecule has 0 saturated heterocycles. The quantitative estimate of drug-likeness (QED) is 0.227. The molecule has 206 valence electrons. The number of para-hydroxylation sites is 1. The van der Waals surface area contributed by atoms with E-state index in [1.54, 1.807) is 0 Å². The van der Waals surface area contributed by atoms with Crippen LogP contribution in [0.4, 0.5) is 0 Å². The summed E-state index contributed by atoms with van der Waals surface area (Å²) in [5.41, 5.74) is 7.02. The van der Waals surface area contributed by atoms with Gasteiger partial charge >= 0.3 is 0 Å². The maximum Gasteiger partial charge on any atom is 0.138 e. The molecule has 1 atom stereocenters. The van der Waals surface area contributed by atoms with Crippen molar-refractivity contribution in [2.75, 3.05) is 0 Å². The first-order valence-corrected chi connectivity index (χ1v) is 15.0. The van der Waals surface area contributed by atoms with Gasteiger partial charge in [-0.1, -0.05) is 97.1 Å². The van der Waals surface area contributed by atoms with Gasteiger partial charge in [-0.15, -0.1) is 0 Å². The van der Waals surface area contributed by atoms with Gasteiger partial charge in [-0.3, -0.25) is 4.57 Å². The van der Waals surface area contributed by atoms with Crippen molar-refractivity contribution in [1.29, 1.82) is 0 Å². The molecule has 6 aromatic carbocycles. The van der Waals surface area contributed by atoms with Gasteiger partial charge in [0.2, 0.25) is 0 Å². The molecule has 0 spiro atoms. The number of nitrogens with one attached hydrogen (secondary N) is 1. The molecule has 1 unspecified atom stereocenters. The molecule has 2 aliphatic rings. The lowest BCUT2D eigenvalue weighted by atomic mass is 10.00. The lowest BCUT2D eigenvalue weighted by Crippen LogP contribution is -2.38. The Morgan fingerprint density at radius 1 is 0.614 bits per heavy atom. The fourth-order valence-electron chi connectivity index (χ4n) is 7.19. The Balaban J connectivity index is 1.36. The fraction of sp³-hybridized carbons (Fsp3) is 0.0250. The maximum absolute atomic E-state index is 6.18. The average Bonchev–Trinajstić information content (AvgIpc) is 3.63. The topological polar surface area (TPSA) is 42.5 Å². The minimum absolute atomic E-state index is 0.0225. The minimum atomic E-state index is -0.0225. The van der Waals surface area contributed by atoms with E-state index in [9.17, 15) is 0 Å². The van der Waals surface area contributed by atoms with Gasteiger partial charge in [-0.2, -0.15) is 0 Å². The number of allylic oxidation sites excluding steroid dienone is 2. The number of benzene rings is 6. The molecule has 1 N–H and O–H groups in total. The molecule has 2 aromatic heterocycles. The number of hydrogen-bond donors (Lipinski definition) is 1. The molecular formula is C40H25N3O. The third-order valence-electron chi connectivity index (χ3n) is 9.18. The van der Waals surface area contributed by atoms with E-state index in [-0.39, 0.29) is 6.04 Å². The van der Waals surface area contributed by atoms with Crippen LogP contribution in [-0.2, 0) is 0 Å². The molecular weight excluding hydrogens is 538 g/mol. The molecule has 0 saturated carbocycles. The highest BCUT2D eigenvalue weighted by atomic mass is 16.3. The van der Waals surface area contributed by atoms with Crippen LogP contribution >= 0.6 is 0 Å². The number of aromatic nitrogens is 1. The van der Waals surface area contributed by atoms with Gasteiger partial charge < -0.3 is 9.73 Å². The van der Waals surface area contributed by atoms with Crippen LogP contribution in [-0.4, -0.2) is 16.3 Å². The largest absolute Gasteiger partial charge is 0.456 e. The van der Waals surface area contributed by atoms with Crippen LogP contribution in [0, 0.1) is 0 Å². The average molecular weight is 564 g/mol. The fourth-order valence-corrected chi connectivity index (χ4v) is 7.19. The molecule has 0 amide bonds. The number of rotatable bonds is 2. The van der Waals surface area contributed by atoms with Crippen LogP contribution in [0.2, 0.25) is 0 Å². The summed E-state index contributed by atoms with van der Waals surface area (Å²) in [4.78, 5) is 5.37. The third kappa shape index (κ3) is 3.25. The molecule has 4 nitrogen and oxygen atoms in total. The van der Waals surface area contributed by atoms with E-state index < -0.39 is 0 Å². The smallest absolute Gasteiger partial charge is 0.138 e. The van der Waals surface area contributed by atoms with Crippen LogP contribution in [0.3, 0.4) is 0 Å². The molecule has 44 heavy (non-hydrogen) atoms. The van der Waals surface area contributed by atoms with Crippen molar-refractivity contribution in [3.8, 4) is 0 Å². The van der Waals surface area contributed by atoms with Crippen molar-refractivity contribution in [2.45, 2.75) is 6.04 Å². The highest BCUT2D eigenvalue weighted by Crippen LogP contribution is 2.42. The van der Waals surface area contributed by atoms with Gasteiger partial charge in [0.05, 0.1) is 22.8 Å². The predicted molar refractivity (Wildman–Crippen MR) is 184 cm³/mol. The van der Waals surface area contributed by atoms with E-state index in [0.717, 1.165) is 55.8 Å². The van der Waals surface area contributed by atoms with Crippen molar-refractivity contribution in [2.24, 2.45) is 4.99 Å². The first-order chi connectivity index (χ1) is 21.8. The highest BCUT2D eigenvalue weighted by molar-refractivity contribution is 6.29. The first kappa shape index (κ1) is 23.7. The van der Waals surface area contributed by atoms with E-state index in [1.165, 1.54) is 32.3 Å². The van der Waals surface area contributed by atoms with Crippen LogP contribution in [0.25, 0.3) is 76.8 Å². The normalized spacial score (nSPS) is 16.5. The van der Waals surface area contributed by atoms with Gasteiger partial charge in [0.1, 0.15) is 22.7 Å². The molecule has 1 aliphatic heterocycles. The Hall–Kier alpha value is -5.87. The summed E-state index contributed by atoms with van der Waals surface area (Å²) in [5, 5.41) is 13.6. The summed E-state index contributed by atoms with van der Waals surface area (Å²) in [6.45, 7) is 0. The summed E-state index contributed by atoms with van der Waals surface area (Å²) < 4.78 is 8.58. The molecule has 4 heteroatoms. The number of hydrogen-bond acceptors (Lipinski definition) is 3. The molecule has 0 bridgehead atoms. The second kappa shape index (κ2) is 8.82. The molecule has 0 fully saturated rings. The predicted octanol–water partition coefficient (Wildman–Crippen LogP) is 9.82. The van der Waals surface area contributed by atoms with Crippen molar-refractivity contribution >= 4 is 82.5 Å². The van der Waals surface area contributed by atoms with Crippen molar-refractivity contribution < 1.29 is 4.42 Å². The Morgan fingerprint density at radius 3 is 2.02 bits per heavy atom. The van der Waals surface area contributed by atoms with Crippen LogP contribution in [0.15, 0.2) is 149 Å². The monoisotopic (exact) mass is 563 g/mol. The van der Waals surface area contributed by atoms with Gasteiger partial charge in [0, 0.05) is 27.1 Å². The van der Waals surface area contributed by atoms with Gasteiger partial charge in [-0.05, 0) is 64.0 Å². The lowest BCUT2D eigenvalue weighted by molar-refractivity contribution is 0.669. The minimum Gasteiger partial charge on any atom is -0.456 e. The van der Waals surface area contributed by atoms with Crippen molar-refractivity contribution in [3.05, 3.63) is 145 Å². The van der Waals surface area contributed by atoms with Crippen LogP contribution < -0.4 is 5.32 Å². The molecule has 0 radical (unpaired) electrons. The van der Waals surface area contributed by atoms with E-state index in [0.29, 0.717) is 0 Å². The van der Waals surface area contributed by atoms with Crippen molar-refractivity contribution in [3.63, 3.8) is 0 Å². The highest BCUT2D eigenvalue weighted by Gasteiger charge is 2.28.